The Morgan fingerprint density at radius 3 is 2.88 bits per heavy atom. The second kappa shape index (κ2) is 5.60. The Labute approximate surface area is 92.3 Å². The Hall–Kier alpha value is -1.43. The molecule has 0 aromatic carbocycles. The van der Waals surface area contributed by atoms with Crippen molar-refractivity contribution < 1.29 is 4.39 Å². The molecule has 5 nitrogen and oxygen atoms in total. The quantitative estimate of drug-likeness (QED) is 0.750. The van der Waals surface area contributed by atoms with Crippen molar-refractivity contribution in [1.29, 1.82) is 0 Å². The maximum absolute atomic E-state index is 12.9. The van der Waals surface area contributed by atoms with Crippen LogP contribution in [0.5, 0.6) is 0 Å². The van der Waals surface area contributed by atoms with Crippen LogP contribution in [0.3, 0.4) is 0 Å². The minimum absolute atomic E-state index is 0.330. The number of aromatic amines is 1. The van der Waals surface area contributed by atoms with Gasteiger partial charge in [-0.2, -0.15) is 4.39 Å². The summed E-state index contributed by atoms with van der Waals surface area (Å²) >= 11 is 0. The molecule has 1 heterocycles. The molecule has 0 saturated heterocycles. The molecular formula is C10H16FN3O2. The number of rotatable bonds is 5. The molecule has 1 aromatic heterocycles. The standard InChI is InChI=1S/C10H16FN3O2/c1-3-7(2)12-4-5-14-6-8(11)9(15)13-10(14)16/h6-7,12H,3-5H2,1-2H3,(H,13,15,16). The average Bonchev–Trinajstić information content (AvgIpc) is 2.25. The Morgan fingerprint density at radius 2 is 2.25 bits per heavy atom. The third-order valence-electron chi connectivity index (χ3n) is 2.43. The van der Waals surface area contributed by atoms with Crippen molar-refractivity contribution in [3.05, 3.63) is 32.9 Å². The number of hydrogen-bond acceptors (Lipinski definition) is 3. The van der Waals surface area contributed by atoms with Crippen LogP contribution in [0.25, 0.3) is 0 Å². The van der Waals surface area contributed by atoms with Gasteiger partial charge < -0.3 is 5.32 Å². The molecule has 1 rings (SSSR count). The summed E-state index contributed by atoms with van der Waals surface area (Å²) in [5.41, 5.74) is -1.56. The third-order valence-corrected chi connectivity index (χ3v) is 2.43. The molecule has 0 aliphatic carbocycles. The maximum atomic E-state index is 12.9. The van der Waals surface area contributed by atoms with Crippen LogP contribution < -0.4 is 16.6 Å². The van der Waals surface area contributed by atoms with Crippen molar-refractivity contribution in [3.63, 3.8) is 0 Å². The second-order valence-corrected chi connectivity index (χ2v) is 3.69. The summed E-state index contributed by atoms with van der Waals surface area (Å²) in [6, 6.07) is 0.350. The van der Waals surface area contributed by atoms with E-state index >= 15 is 0 Å². The van der Waals surface area contributed by atoms with E-state index in [-0.39, 0.29) is 0 Å². The van der Waals surface area contributed by atoms with Crippen LogP contribution in [-0.2, 0) is 6.54 Å². The monoisotopic (exact) mass is 229 g/mol. The van der Waals surface area contributed by atoms with E-state index in [1.165, 1.54) is 0 Å². The van der Waals surface area contributed by atoms with E-state index in [9.17, 15) is 14.0 Å². The van der Waals surface area contributed by atoms with E-state index in [0.717, 1.165) is 17.2 Å². The van der Waals surface area contributed by atoms with Crippen LogP contribution >= 0.6 is 0 Å². The van der Waals surface area contributed by atoms with Gasteiger partial charge in [0.25, 0.3) is 5.56 Å². The molecule has 0 bridgehead atoms. The molecule has 1 atom stereocenters. The first kappa shape index (κ1) is 12.6. The van der Waals surface area contributed by atoms with Gasteiger partial charge in [-0.1, -0.05) is 6.92 Å². The summed E-state index contributed by atoms with van der Waals surface area (Å²) in [6.07, 6.45) is 1.91. The van der Waals surface area contributed by atoms with Gasteiger partial charge in [-0.05, 0) is 13.3 Å². The minimum atomic E-state index is -0.976. The molecule has 6 heteroatoms. The van der Waals surface area contributed by atoms with Crippen LogP contribution in [0.15, 0.2) is 15.8 Å². The maximum Gasteiger partial charge on any atom is 0.328 e. The van der Waals surface area contributed by atoms with E-state index in [2.05, 4.69) is 5.32 Å². The van der Waals surface area contributed by atoms with E-state index < -0.39 is 17.1 Å². The van der Waals surface area contributed by atoms with Crippen molar-refractivity contribution in [2.45, 2.75) is 32.9 Å². The Kier molecular flexibility index (Phi) is 4.42. The van der Waals surface area contributed by atoms with Gasteiger partial charge in [0.1, 0.15) is 0 Å². The summed E-state index contributed by atoms with van der Waals surface area (Å²) in [5, 5.41) is 3.17. The van der Waals surface area contributed by atoms with Gasteiger partial charge in [-0.3, -0.25) is 14.3 Å². The Morgan fingerprint density at radius 1 is 1.56 bits per heavy atom. The molecule has 1 unspecified atom stereocenters. The Balaban J connectivity index is 2.65. The third kappa shape index (κ3) is 3.30. The smallest absolute Gasteiger partial charge is 0.312 e. The molecule has 2 N–H and O–H groups in total. The van der Waals surface area contributed by atoms with Crippen LogP contribution in [0.2, 0.25) is 0 Å². The fourth-order valence-corrected chi connectivity index (χ4v) is 1.22. The molecule has 16 heavy (non-hydrogen) atoms. The van der Waals surface area contributed by atoms with E-state index in [4.69, 9.17) is 0 Å². The zero-order chi connectivity index (χ0) is 12.1. The number of nitrogens with one attached hydrogen (secondary N) is 2. The van der Waals surface area contributed by atoms with Gasteiger partial charge in [-0.15, -0.1) is 0 Å². The molecule has 0 fully saturated rings. The number of nitrogens with zero attached hydrogens (tertiary/aromatic N) is 1. The van der Waals surface area contributed by atoms with Crippen molar-refractivity contribution >= 4 is 0 Å². The summed E-state index contributed by atoms with van der Waals surface area (Å²) in [6.45, 7) is 4.96. The number of aromatic nitrogens is 2. The molecule has 0 amide bonds. The average molecular weight is 229 g/mol. The van der Waals surface area contributed by atoms with Crippen LogP contribution in [0.4, 0.5) is 4.39 Å². The molecule has 0 aliphatic rings. The topological polar surface area (TPSA) is 66.9 Å². The highest BCUT2D eigenvalue weighted by molar-refractivity contribution is 4.87. The SMILES string of the molecule is CCC(C)NCCn1cc(F)c(=O)[nH]c1=O. The first-order chi connectivity index (χ1) is 7.54. The van der Waals surface area contributed by atoms with Crippen molar-refractivity contribution in [2.75, 3.05) is 6.54 Å². The second-order valence-electron chi connectivity index (χ2n) is 3.69. The zero-order valence-electron chi connectivity index (χ0n) is 9.42. The van der Waals surface area contributed by atoms with Gasteiger partial charge in [0, 0.05) is 19.1 Å². The van der Waals surface area contributed by atoms with Crippen LogP contribution in [0, 0.1) is 5.82 Å². The van der Waals surface area contributed by atoms with Gasteiger partial charge in [0.15, 0.2) is 0 Å². The summed E-state index contributed by atoms with van der Waals surface area (Å²) in [7, 11) is 0. The molecule has 0 saturated carbocycles. The summed E-state index contributed by atoms with van der Waals surface area (Å²) in [4.78, 5) is 23.9. The summed E-state index contributed by atoms with van der Waals surface area (Å²) < 4.78 is 14.0. The highest BCUT2D eigenvalue weighted by Gasteiger charge is 2.03. The van der Waals surface area contributed by atoms with Crippen LogP contribution in [-0.4, -0.2) is 22.1 Å². The lowest BCUT2D eigenvalue weighted by molar-refractivity contribution is 0.484. The number of H-pyrrole nitrogens is 1. The lowest BCUT2D eigenvalue weighted by Crippen LogP contribution is -2.35. The first-order valence-electron chi connectivity index (χ1n) is 5.27. The highest BCUT2D eigenvalue weighted by atomic mass is 19.1. The van der Waals surface area contributed by atoms with Gasteiger partial charge in [0.05, 0.1) is 6.20 Å². The number of halogens is 1. The number of hydrogen-bond donors (Lipinski definition) is 2. The molecule has 0 aliphatic heterocycles. The fourth-order valence-electron chi connectivity index (χ4n) is 1.22. The predicted molar refractivity (Wildman–Crippen MR) is 59.0 cm³/mol. The van der Waals surface area contributed by atoms with Crippen molar-refractivity contribution in [2.24, 2.45) is 0 Å². The zero-order valence-corrected chi connectivity index (χ0v) is 9.42. The van der Waals surface area contributed by atoms with Gasteiger partial charge in [-0.25, -0.2) is 4.79 Å². The van der Waals surface area contributed by atoms with Crippen LogP contribution in [0.1, 0.15) is 20.3 Å². The molecule has 90 valence electrons. The van der Waals surface area contributed by atoms with Gasteiger partial charge >= 0.3 is 5.69 Å². The van der Waals surface area contributed by atoms with E-state index in [1.807, 2.05) is 18.8 Å². The minimum Gasteiger partial charge on any atom is -0.312 e. The molecule has 0 radical (unpaired) electrons. The largest absolute Gasteiger partial charge is 0.328 e. The first-order valence-corrected chi connectivity index (χ1v) is 5.27. The molecular weight excluding hydrogens is 213 g/mol. The van der Waals surface area contributed by atoms with Crippen molar-refractivity contribution in [1.82, 2.24) is 14.9 Å². The molecule has 1 aromatic rings. The lowest BCUT2D eigenvalue weighted by Gasteiger charge is -2.11. The van der Waals surface area contributed by atoms with Crippen molar-refractivity contribution in [3.8, 4) is 0 Å². The van der Waals surface area contributed by atoms with Gasteiger partial charge in [0.2, 0.25) is 5.82 Å². The summed E-state index contributed by atoms with van der Waals surface area (Å²) in [5.74, 6) is -0.942. The molecule has 0 spiro atoms. The van der Waals surface area contributed by atoms with E-state index in [1.54, 1.807) is 0 Å². The normalized spacial score (nSPS) is 12.7. The fraction of sp³-hybridized carbons (Fsp3) is 0.600. The predicted octanol–water partition coefficient (Wildman–Crippen LogP) is 0.0638. The van der Waals surface area contributed by atoms with E-state index in [0.29, 0.717) is 19.1 Å². The lowest BCUT2D eigenvalue weighted by atomic mass is 10.2. The Bertz CT molecular complexity index is 452. The highest BCUT2D eigenvalue weighted by Crippen LogP contribution is 1.88.